The second-order valence-corrected chi connectivity index (χ2v) is 10.6. The summed E-state index contributed by atoms with van der Waals surface area (Å²) >= 11 is 0. The maximum absolute atomic E-state index is 12.5. The average molecular weight is 515 g/mol. The molecule has 1 unspecified atom stereocenters. The minimum absolute atomic E-state index is 0.0203. The van der Waals surface area contributed by atoms with Gasteiger partial charge in [-0.05, 0) is 62.0 Å². The predicted octanol–water partition coefficient (Wildman–Crippen LogP) is 5.83. The summed E-state index contributed by atoms with van der Waals surface area (Å²) in [6.45, 7) is 10.8. The zero-order valence-electron chi connectivity index (χ0n) is 22.8. The fraction of sp³-hybridized carbons (Fsp3) is 0.613. The Kier molecular flexibility index (Phi) is 13.7. The first-order valence-electron chi connectivity index (χ1n) is 13.8. The van der Waals surface area contributed by atoms with Crippen LogP contribution in [-0.4, -0.2) is 48.6 Å². The van der Waals surface area contributed by atoms with Gasteiger partial charge in [0.15, 0.2) is 0 Å². The van der Waals surface area contributed by atoms with E-state index in [-0.39, 0.29) is 44.3 Å². The molecule has 2 N–H and O–H groups in total. The predicted molar refractivity (Wildman–Crippen MR) is 146 cm³/mol. The zero-order valence-corrected chi connectivity index (χ0v) is 22.8. The van der Waals surface area contributed by atoms with Crippen LogP contribution in [-0.2, 0) is 19.1 Å². The SMILES string of the molecule is C=C(C)C(=O)OCC(COC(=O)C(=C)CC(CO)CO)c1ccc(C2CCC(CCCCC)CC2)cc1. The van der Waals surface area contributed by atoms with Gasteiger partial charge < -0.3 is 19.7 Å². The number of benzene rings is 1. The van der Waals surface area contributed by atoms with Crippen LogP contribution in [0.25, 0.3) is 0 Å². The van der Waals surface area contributed by atoms with Crippen LogP contribution in [0.2, 0.25) is 0 Å². The highest BCUT2D eigenvalue weighted by Gasteiger charge is 2.24. The maximum atomic E-state index is 12.5. The largest absolute Gasteiger partial charge is 0.462 e. The van der Waals surface area contributed by atoms with Crippen molar-refractivity contribution in [1.82, 2.24) is 0 Å². The average Bonchev–Trinajstić information content (AvgIpc) is 2.91. The molecule has 0 heterocycles. The molecular weight excluding hydrogens is 468 g/mol. The molecule has 0 radical (unpaired) electrons. The molecule has 1 fully saturated rings. The van der Waals surface area contributed by atoms with E-state index in [4.69, 9.17) is 9.47 Å². The van der Waals surface area contributed by atoms with Gasteiger partial charge >= 0.3 is 11.9 Å². The smallest absolute Gasteiger partial charge is 0.333 e. The van der Waals surface area contributed by atoms with Crippen LogP contribution in [0.15, 0.2) is 48.6 Å². The lowest BCUT2D eigenvalue weighted by Gasteiger charge is -2.29. The third-order valence-corrected chi connectivity index (χ3v) is 7.46. The Hall–Kier alpha value is -2.44. The fourth-order valence-electron chi connectivity index (χ4n) is 4.94. The summed E-state index contributed by atoms with van der Waals surface area (Å²) in [6.07, 6.45) is 10.5. The van der Waals surface area contributed by atoms with Crippen LogP contribution >= 0.6 is 0 Å². The number of esters is 2. The molecule has 6 nitrogen and oxygen atoms in total. The molecule has 206 valence electrons. The van der Waals surface area contributed by atoms with E-state index in [0.717, 1.165) is 11.5 Å². The van der Waals surface area contributed by atoms with Crippen molar-refractivity contribution in [3.05, 3.63) is 59.7 Å². The third kappa shape index (κ3) is 10.4. The minimum Gasteiger partial charge on any atom is -0.462 e. The normalized spacial score (nSPS) is 18.3. The summed E-state index contributed by atoms with van der Waals surface area (Å²) in [5, 5.41) is 18.5. The van der Waals surface area contributed by atoms with Crippen molar-refractivity contribution >= 4 is 11.9 Å². The van der Waals surface area contributed by atoms with E-state index >= 15 is 0 Å². The molecule has 1 aliphatic carbocycles. The Morgan fingerprint density at radius 2 is 1.54 bits per heavy atom. The minimum atomic E-state index is -0.588. The van der Waals surface area contributed by atoms with Crippen molar-refractivity contribution in [3.8, 4) is 0 Å². The van der Waals surface area contributed by atoms with Crippen LogP contribution in [0, 0.1) is 11.8 Å². The van der Waals surface area contributed by atoms with E-state index in [1.807, 2.05) is 12.1 Å². The number of carbonyl (C=O) groups excluding carboxylic acids is 2. The quantitative estimate of drug-likeness (QED) is 0.164. The van der Waals surface area contributed by atoms with Crippen LogP contribution < -0.4 is 0 Å². The Morgan fingerprint density at radius 3 is 2.08 bits per heavy atom. The first kappa shape index (κ1) is 30.8. The molecule has 6 heteroatoms. The lowest BCUT2D eigenvalue weighted by atomic mass is 9.77. The Balaban J connectivity index is 2.00. The van der Waals surface area contributed by atoms with Gasteiger partial charge in [-0.25, -0.2) is 9.59 Å². The van der Waals surface area contributed by atoms with Crippen molar-refractivity contribution in [3.63, 3.8) is 0 Å². The molecule has 1 aromatic carbocycles. The van der Waals surface area contributed by atoms with E-state index in [1.54, 1.807) is 6.92 Å². The molecule has 1 aliphatic rings. The number of hydrogen-bond acceptors (Lipinski definition) is 6. The van der Waals surface area contributed by atoms with Crippen molar-refractivity contribution in [1.29, 1.82) is 0 Å². The van der Waals surface area contributed by atoms with E-state index < -0.39 is 17.9 Å². The molecule has 0 bridgehead atoms. The van der Waals surface area contributed by atoms with Gasteiger partial charge in [0.05, 0.1) is 5.92 Å². The van der Waals surface area contributed by atoms with Crippen LogP contribution in [0.4, 0.5) is 0 Å². The molecule has 0 saturated heterocycles. The van der Waals surface area contributed by atoms with E-state index in [2.05, 4.69) is 32.2 Å². The van der Waals surface area contributed by atoms with E-state index in [1.165, 1.54) is 56.9 Å². The van der Waals surface area contributed by atoms with Crippen LogP contribution in [0.5, 0.6) is 0 Å². The lowest BCUT2D eigenvalue weighted by molar-refractivity contribution is -0.142. The van der Waals surface area contributed by atoms with E-state index in [9.17, 15) is 19.8 Å². The summed E-state index contributed by atoms with van der Waals surface area (Å²) in [5.74, 6) is -0.425. The molecule has 0 amide bonds. The standard InChI is InChI=1S/C31H46O6/c1-5-6-7-8-24-9-11-26(12-10-24)27-13-15-28(16-14-27)29(20-36-30(34)22(2)3)21-37-31(35)23(4)17-25(18-32)19-33/h13-16,24-26,29,32-33H,2,4-12,17-21H2,1,3H3. The van der Waals surface area contributed by atoms with Crippen LogP contribution in [0.1, 0.15) is 94.6 Å². The number of aliphatic hydroxyl groups excluding tert-OH is 2. The topological polar surface area (TPSA) is 93.1 Å². The molecule has 37 heavy (non-hydrogen) atoms. The number of hydrogen-bond donors (Lipinski definition) is 2. The summed E-state index contributed by atoms with van der Waals surface area (Å²) in [6, 6.07) is 8.38. The number of unbranched alkanes of at least 4 members (excludes halogenated alkanes) is 2. The summed E-state index contributed by atoms with van der Waals surface area (Å²) in [7, 11) is 0. The highest BCUT2D eigenvalue weighted by atomic mass is 16.5. The van der Waals surface area contributed by atoms with Crippen molar-refractivity contribution in [2.24, 2.45) is 11.8 Å². The fourth-order valence-corrected chi connectivity index (χ4v) is 4.94. The summed E-state index contributed by atoms with van der Waals surface area (Å²) in [4.78, 5) is 24.4. The van der Waals surface area contributed by atoms with Crippen molar-refractivity contribution in [2.75, 3.05) is 26.4 Å². The Bertz CT molecular complexity index is 862. The molecule has 1 aromatic rings. The highest BCUT2D eigenvalue weighted by Crippen LogP contribution is 2.38. The molecule has 1 saturated carbocycles. The van der Waals surface area contributed by atoms with Gasteiger partial charge in [0.25, 0.3) is 0 Å². The number of aliphatic hydroxyl groups is 2. The molecule has 0 aromatic heterocycles. The summed E-state index contributed by atoms with van der Waals surface area (Å²) in [5.41, 5.74) is 2.75. The van der Waals surface area contributed by atoms with Gasteiger partial charge in [0.1, 0.15) is 13.2 Å². The molecule has 0 spiro atoms. The molecule has 0 aliphatic heterocycles. The molecular formula is C31H46O6. The third-order valence-electron chi connectivity index (χ3n) is 7.46. The number of carbonyl (C=O) groups is 2. The Morgan fingerprint density at radius 1 is 0.946 bits per heavy atom. The number of ether oxygens (including phenoxy) is 2. The van der Waals surface area contributed by atoms with Gasteiger partial charge in [-0.2, -0.15) is 0 Å². The number of rotatable bonds is 16. The van der Waals surface area contributed by atoms with Crippen molar-refractivity contribution in [2.45, 2.75) is 83.5 Å². The van der Waals surface area contributed by atoms with Crippen LogP contribution in [0.3, 0.4) is 0 Å². The van der Waals surface area contributed by atoms with E-state index in [0.29, 0.717) is 11.5 Å². The monoisotopic (exact) mass is 514 g/mol. The second kappa shape index (κ2) is 16.4. The first-order valence-corrected chi connectivity index (χ1v) is 13.8. The van der Waals surface area contributed by atoms with Crippen molar-refractivity contribution < 1.29 is 29.3 Å². The zero-order chi connectivity index (χ0) is 27.2. The first-order chi connectivity index (χ1) is 17.8. The molecule has 2 rings (SSSR count). The van der Waals surface area contributed by atoms with Gasteiger partial charge in [-0.1, -0.05) is 70.0 Å². The highest BCUT2D eigenvalue weighted by molar-refractivity contribution is 5.88. The van der Waals surface area contributed by atoms with Gasteiger partial charge in [-0.3, -0.25) is 0 Å². The maximum Gasteiger partial charge on any atom is 0.333 e. The summed E-state index contributed by atoms with van der Waals surface area (Å²) < 4.78 is 10.9. The molecule has 1 atom stereocenters. The van der Waals surface area contributed by atoms with Gasteiger partial charge in [0.2, 0.25) is 0 Å². The Labute approximate surface area is 222 Å². The second-order valence-electron chi connectivity index (χ2n) is 10.6. The lowest BCUT2D eigenvalue weighted by Crippen LogP contribution is -2.22. The van der Waals surface area contributed by atoms with Gasteiger partial charge in [-0.15, -0.1) is 0 Å². The van der Waals surface area contributed by atoms with Gasteiger partial charge in [0, 0.05) is 30.3 Å².